The Kier molecular flexibility index (Phi) is 4.48. The summed E-state index contributed by atoms with van der Waals surface area (Å²) < 4.78 is 0. The van der Waals surface area contributed by atoms with Gasteiger partial charge in [-0.3, -0.25) is 4.79 Å². The van der Waals surface area contributed by atoms with Gasteiger partial charge in [-0.25, -0.2) is 0 Å². The lowest BCUT2D eigenvalue weighted by Gasteiger charge is -2.10. The Labute approximate surface area is 99.4 Å². The lowest BCUT2D eigenvalue weighted by molar-refractivity contribution is -0.113. The summed E-state index contributed by atoms with van der Waals surface area (Å²) in [6, 6.07) is 3.85. The van der Waals surface area contributed by atoms with Crippen LogP contribution in [0.15, 0.2) is 12.1 Å². The number of carbonyl (C=O) groups excluding carboxylic acids is 1. The molecule has 0 aliphatic carbocycles. The maximum Gasteiger partial charge on any atom is 0.234 e. The molecule has 2 nitrogen and oxygen atoms in total. The predicted octanol–water partition coefficient (Wildman–Crippen LogP) is 3.26. The standard InChI is InChI=1S/C11H14ClNOS/c1-7-4-8(2)11(9(12)5-7)13-10(14)6-15-3/h4-5H,6H2,1-3H3,(H,13,14). The number of nitrogens with one attached hydrogen (secondary N) is 1. The molecule has 0 radical (unpaired) electrons. The van der Waals surface area contributed by atoms with Crippen LogP contribution in [0, 0.1) is 13.8 Å². The molecule has 0 spiro atoms. The molecule has 0 saturated carbocycles. The molecular weight excluding hydrogens is 230 g/mol. The maximum atomic E-state index is 11.4. The molecular formula is C11H14ClNOS. The summed E-state index contributed by atoms with van der Waals surface area (Å²) in [6.45, 7) is 3.92. The summed E-state index contributed by atoms with van der Waals surface area (Å²) >= 11 is 7.55. The van der Waals surface area contributed by atoms with E-state index in [2.05, 4.69) is 5.32 Å². The van der Waals surface area contributed by atoms with Crippen molar-refractivity contribution in [2.45, 2.75) is 13.8 Å². The van der Waals surface area contributed by atoms with Gasteiger partial charge >= 0.3 is 0 Å². The molecule has 0 atom stereocenters. The van der Waals surface area contributed by atoms with Gasteiger partial charge in [0.25, 0.3) is 0 Å². The molecule has 1 aromatic rings. The average molecular weight is 244 g/mol. The normalized spacial score (nSPS) is 10.1. The summed E-state index contributed by atoms with van der Waals surface area (Å²) in [5, 5.41) is 3.41. The van der Waals surface area contributed by atoms with Crippen LogP contribution in [0.5, 0.6) is 0 Å². The molecule has 0 aliphatic heterocycles. The smallest absolute Gasteiger partial charge is 0.234 e. The van der Waals surface area contributed by atoms with Gasteiger partial charge in [-0.15, -0.1) is 0 Å². The number of benzene rings is 1. The Morgan fingerprint density at radius 1 is 1.47 bits per heavy atom. The van der Waals surface area contributed by atoms with E-state index >= 15 is 0 Å². The van der Waals surface area contributed by atoms with E-state index in [-0.39, 0.29) is 5.91 Å². The second-order valence-corrected chi connectivity index (χ2v) is 4.69. The van der Waals surface area contributed by atoms with Crippen LogP contribution in [-0.2, 0) is 4.79 Å². The average Bonchev–Trinajstić information content (AvgIpc) is 2.11. The summed E-state index contributed by atoms with van der Waals surface area (Å²) in [6.07, 6.45) is 1.89. The molecule has 1 amide bonds. The van der Waals surface area contributed by atoms with Crippen LogP contribution in [0.1, 0.15) is 11.1 Å². The van der Waals surface area contributed by atoms with E-state index < -0.39 is 0 Å². The van der Waals surface area contributed by atoms with Gasteiger partial charge in [0.15, 0.2) is 0 Å². The van der Waals surface area contributed by atoms with Crippen LogP contribution in [0.4, 0.5) is 5.69 Å². The minimum Gasteiger partial charge on any atom is -0.324 e. The fraction of sp³-hybridized carbons (Fsp3) is 0.364. The van der Waals surface area contributed by atoms with Crippen LogP contribution >= 0.6 is 23.4 Å². The van der Waals surface area contributed by atoms with Gasteiger partial charge < -0.3 is 5.32 Å². The zero-order chi connectivity index (χ0) is 11.4. The van der Waals surface area contributed by atoms with Gasteiger partial charge in [0.05, 0.1) is 16.5 Å². The summed E-state index contributed by atoms with van der Waals surface area (Å²) in [7, 11) is 0. The molecule has 1 N–H and O–H groups in total. The second kappa shape index (κ2) is 5.42. The van der Waals surface area contributed by atoms with E-state index in [0.717, 1.165) is 16.8 Å². The number of hydrogen-bond acceptors (Lipinski definition) is 2. The zero-order valence-corrected chi connectivity index (χ0v) is 10.6. The molecule has 4 heteroatoms. The maximum absolute atomic E-state index is 11.4. The van der Waals surface area contributed by atoms with Crippen LogP contribution < -0.4 is 5.32 Å². The molecule has 0 unspecified atom stereocenters. The predicted molar refractivity (Wildman–Crippen MR) is 67.9 cm³/mol. The van der Waals surface area contributed by atoms with E-state index in [4.69, 9.17) is 11.6 Å². The van der Waals surface area contributed by atoms with Crippen molar-refractivity contribution in [3.8, 4) is 0 Å². The quantitative estimate of drug-likeness (QED) is 0.883. The van der Waals surface area contributed by atoms with Gasteiger partial charge in [-0.05, 0) is 37.3 Å². The number of rotatable bonds is 3. The Morgan fingerprint density at radius 2 is 2.13 bits per heavy atom. The summed E-state index contributed by atoms with van der Waals surface area (Å²) in [5.41, 5.74) is 2.82. The Morgan fingerprint density at radius 3 is 2.67 bits per heavy atom. The first-order valence-electron chi connectivity index (χ1n) is 4.60. The number of aryl methyl sites for hydroxylation is 2. The van der Waals surface area contributed by atoms with Crippen LogP contribution in [-0.4, -0.2) is 17.9 Å². The van der Waals surface area contributed by atoms with Crippen molar-refractivity contribution in [2.24, 2.45) is 0 Å². The molecule has 0 fully saturated rings. The first-order valence-corrected chi connectivity index (χ1v) is 6.37. The third-order valence-corrected chi connectivity index (χ3v) is 2.82. The minimum absolute atomic E-state index is 0.0173. The third kappa shape index (κ3) is 3.43. The molecule has 1 aromatic carbocycles. The molecule has 0 aromatic heterocycles. The Balaban J connectivity index is 2.90. The highest BCUT2D eigenvalue weighted by Crippen LogP contribution is 2.27. The molecule has 0 saturated heterocycles. The van der Waals surface area contributed by atoms with Crippen molar-refractivity contribution in [3.63, 3.8) is 0 Å². The molecule has 0 bridgehead atoms. The van der Waals surface area contributed by atoms with Crippen LogP contribution in [0.2, 0.25) is 5.02 Å². The fourth-order valence-corrected chi connectivity index (χ4v) is 2.08. The largest absolute Gasteiger partial charge is 0.324 e. The second-order valence-electron chi connectivity index (χ2n) is 3.42. The highest BCUT2D eigenvalue weighted by atomic mass is 35.5. The van der Waals surface area contributed by atoms with Gasteiger partial charge in [0.1, 0.15) is 0 Å². The number of hydrogen-bond donors (Lipinski definition) is 1. The summed E-state index contributed by atoms with van der Waals surface area (Å²) in [4.78, 5) is 11.4. The van der Waals surface area contributed by atoms with Crippen LogP contribution in [0.25, 0.3) is 0 Å². The van der Waals surface area contributed by atoms with Crippen molar-refractivity contribution in [2.75, 3.05) is 17.3 Å². The Bertz CT molecular complexity index is 356. The van der Waals surface area contributed by atoms with E-state index in [0.29, 0.717) is 10.8 Å². The van der Waals surface area contributed by atoms with Gasteiger partial charge in [-0.2, -0.15) is 11.8 Å². The Hall–Kier alpha value is -0.670. The third-order valence-electron chi connectivity index (χ3n) is 1.97. The number of anilines is 1. The van der Waals surface area contributed by atoms with E-state index in [1.165, 1.54) is 11.8 Å². The lowest BCUT2D eigenvalue weighted by Crippen LogP contribution is -2.15. The van der Waals surface area contributed by atoms with Crippen LogP contribution in [0.3, 0.4) is 0 Å². The first-order chi connectivity index (χ1) is 7.04. The molecule has 82 valence electrons. The van der Waals surface area contributed by atoms with Gasteiger partial charge in [0.2, 0.25) is 5.91 Å². The fourth-order valence-electron chi connectivity index (χ4n) is 1.38. The molecule has 0 heterocycles. The highest BCUT2D eigenvalue weighted by molar-refractivity contribution is 7.99. The highest BCUT2D eigenvalue weighted by Gasteiger charge is 2.08. The molecule has 15 heavy (non-hydrogen) atoms. The SMILES string of the molecule is CSCC(=O)Nc1c(C)cc(C)cc1Cl. The first kappa shape index (κ1) is 12.4. The van der Waals surface area contributed by atoms with E-state index in [1.54, 1.807) is 0 Å². The van der Waals surface area contributed by atoms with Crippen molar-refractivity contribution in [3.05, 3.63) is 28.3 Å². The number of thioether (sulfide) groups is 1. The monoisotopic (exact) mass is 243 g/mol. The van der Waals surface area contributed by atoms with Crippen molar-refractivity contribution >= 4 is 35.0 Å². The number of halogens is 1. The van der Waals surface area contributed by atoms with Crippen molar-refractivity contribution in [1.82, 2.24) is 0 Å². The van der Waals surface area contributed by atoms with Gasteiger partial charge in [0, 0.05) is 0 Å². The van der Waals surface area contributed by atoms with E-state index in [1.807, 2.05) is 32.2 Å². The number of amides is 1. The van der Waals surface area contributed by atoms with Crippen molar-refractivity contribution < 1.29 is 4.79 Å². The van der Waals surface area contributed by atoms with E-state index in [9.17, 15) is 4.79 Å². The lowest BCUT2D eigenvalue weighted by atomic mass is 10.1. The molecule has 1 rings (SSSR count). The number of carbonyl (C=O) groups is 1. The van der Waals surface area contributed by atoms with Gasteiger partial charge in [-0.1, -0.05) is 17.7 Å². The summed E-state index contributed by atoms with van der Waals surface area (Å²) in [5.74, 6) is 0.431. The van der Waals surface area contributed by atoms with Crippen molar-refractivity contribution in [1.29, 1.82) is 0 Å². The molecule has 0 aliphatic rings. The topological polar surface area (TPSA) is 29.1 Å². The zero-order valence-electron chi connectivity index (χ0n) is 9.06. The minimum atomic E-state index is -0.0173.